The van der Waals surface area contributed by atoms with Gasteiger partial charge in [-0.15, -0.1) is 0 Å². The van der Waals surface area contributed by atoms with Gasteiger partial charge in [-0.25, -0.2) is 0 Å². The van der Waals surface area contributed by atoms with Crippen molar-refractivity contribution in [1.82, 2.24) is 4.90 Å². The highest BCUT2D eigenvalue weighted by atomic mass is 16.4. The first-order valence-corrected chi connectivity index (χ1v) is 5.55. The second kappa shape index (κ2) is 6.60. The zero-order valence-corrected chi connectivity index (χ0v) is 10.1. The number of carboxylic acids is 2. The molecule has 1 rings (SSSR count). The number of aliphatic carboxylic acids is 2. The number of phenols is 2. The van der Waals surface area contributed by atoms with E-state index in [-0.39, 0.29) is 31.1 Å². The molecular weight excluding hydrogens is 254 g/mol. The summed E-state index contributed by atoms with van der Waals surface area (Å²) in [6.45, 7) is -0.504. The summed E-state index contributed by atoms with van der Waals surface area (Å²) in [7, 11) is 0. The van der Waals surface area contributed by atoms with E-state index < -0.39 is 11.9 Å². The molecule has 0 radical (unpaired) electrons. The Kier molecular flexibility index (Phi) is 5.13. The van der Waals surface area contributed by atoms with E-state index >= 15 is 0 Å². The summed E-state index contributed by atoms with van der Waals surface area (Å²) < 4.78 is 0. The van der Waals surface area contributed by atoms with Gasteiger partial charge in [0.1, 0.15) is 0 Å². The van der Waals surface area contributed by atoms with Gasteiger partial charge in [0.2, 0.25) is 0 Å². The van der Waals surface area contributed by atoms with E-state index in [9.17, 15) is 14.7 Å². The van der Waals surface area contributed by atoms with Crippen LogP contribution in [0.5, 0.6) is 11.5 Å². The Morgan fingerprint density at radius 3 is 2.05 bits per heavy atom. The van der Waals surface area contributed by atoms with Crippen LogP contribution in [0, 0.1) is 0 Å². The van der Waals surface area contributed by atoms with E-state index in [0.717, 1.165) is 0 Å². The predicted octanol–water partition coefficient (Wildman–Crippen LogP) is 0.111. The summed E-state index contributed by atoms with van der Waals surface area (Å²) in [6.07, 6.45) is 0.369. The van der Waals surface area contributed by atoms with Crippen molar-refractivity contribution in [2.45, 2.75) is 6.42 Å². The Hall–Kier alpha value is -2.28. The maximum absolute atomic E-state index is 10.6. The monoisotopic (exact) mass is 269 g/mol. The minimum Gasteiger partial charge on any atom is -0.504 e. The Balaban J connectivity index is 2.61. The zero-order valence-electron chi connectivity index (χ0n) is 10.1. The summed E-state index contributed by atoms with van der Waals surface area (Å²) in [5, 5.41) is 35.8. The third-order valence-electron chi connectivity index (χ3n) is 2.47. The maximum atomic E-state index is 10.6. The molecule has 7 heteroatoms. The normalized spacial score (nSPS) is 10.6. The second-order valence-corrected chi connectivity index (χ2v) is 4.07. The van der Waals surface area contributed by atoms with Gasteiger partial charge >= 0.3 is 11.9 Å². The molecule has 0 saturated heterocycles. The average molecular weight is 269 g/mol. The smallest absolute Gasteiger partial charge is 0.317 e. The Morgan fingerprint density at radius 2 is 1.58 bits per heavy atom. The number of aromatic hydroxyl groups is 2. The van der Waals surface area contributed by atoms with E-state index in [1.54, 1.807) is 6.07 Å². The molecule has 1 aromatic carbocycles. The fraction of sp³-hybridized carbons (Fsp3) is 0.333. The molecule has 0 atom stereocenters. The highest BCUT2D eigenvalue weighted by Gasteiger charge is 2.13. The first-order valence-electron chi connectivity index (χ1n) is 5.55. The molecule has 0 spiro atoms. The van der Waals surface area contributed by atoms with Crippen LogP contribution in [-0.2, 0) is 16.0 Å². The van der Waals surface area contributed by atoms with Crippen molar-refractivity contribution in [3.8, 4) is 11.5 Å². The standard InChI is InChI=1S/C12H15NO6/c14-9-2-1-8(5-10(9)15)3-4-13(6-11(16)17)7-12(18)19/h1-2,5,14-15H,3-4,6-7H2,(H,16,17)(H,18,19). The Labute approximate surface area is 109 Å². The third kappa shape index (κ3) is 5.26. The molecule has 7 nitrogen and oxygen atoms in total. The van der Waals surface area contributed by atoms with Gasteiger partial charge in [0, 0.05) is 6.54 Å². The van der Waals surface area contributed by atoms with Gasteiger partial charge in [-0.1, -0.05) is 6.07 Å². The van der Waals surface area contributed by atoms with Crippen LogP contribution in [0.25, 0.3) is 0 Å². The van der Waals surface area contributed by atoms with Crippen LogP contribution < -0.4 is 0 Å². The molecule has 0 fully saturated rings. The molecule has 19 heavy (non-hydrogen) atoms. The molecule has 0 aliphatic rings. The van der Waals surface area contributed by atoms with Crippen molar-refractivity contribution in [1.29, 1.82) is 0 Å². The minimum absolute atomic E-state index is 0.225. The molecule has 0 bridgehead atoms. The largest absolute Gasteiger partial charge is 0.504 e. The van der Waals surface area contributed by atoms with Crippen LogP contribution in [0.15, 0.2) is 18.2 Å². The van der Waals surface area contributed by atoms with Crippen molar-refractivity contribution < 1.29 is 30.0 Å². The number of carbonyl (C=O) groups is 2. The van der Waals surface area contributed by atoms with Crippen LogP contribution in [-0.4, -0.2) is 56.9 Å². The molecule has 1 aromatic rings. The molecule has 104 valence electrons. The van der Waals surface area contributed by atoms with E-state index in [4.69, 9.17) is 15.3 Å². The summed E-state index contributed by atoms with van der Waals surface area (Å²) in [5.74, 6) is -2.71. The molecule has 0 heterocycles. The Morgan fingerprint density at radius 1 is 1.00 bits per heavy atom. The Bertz CT molecular complexity index is 457. The van der Waals surface area contributed by atoms with Crippen LogP contribution in [0.1, 0.15) is 5.56 Å². The van der Waals surface area contributed by atoms with E-state index in [0.29, 0.717) is 12.0 Å². The van der Waals surface area contributed by atoms with Crippen molar-refractivity contribution >= 4 is 11.9 Å². The first kappa shape index (κ1) is 14.8. The maximum Gasteiger partial charge on any atom is 0.317 e. The van der Waals surface area contributed by atoms with Crippen LogP contribution in [0.2, 0.25) is 0 Å². The van der Waals surface area contributed by atoms with E-state index in [2.05, 4.69) is 0 Å². The quantitative estimate of drug-likeness (QED) is 0.519. The highest BCUT2D eigenvalue weighted by Crippen LogP contribution is 2.25. The van der Waals surface area contributed by atoms with Crippen LogP contribution >= 0.6 is 0 Å². The number of rotatable bonds is 7. The van der Waals surface area contributed by atoms with Gasteiger partial charge < -0.3 is 20.4 Å². The highest BCUT2D eigenvalue weighted by molar-refractivity contribution is 5.72. The molecule has 0 aliphatic carbocycles. The summed E-state index contributed by atoms with van der Waals surface area (Å²) in [5.41, 5.74) is 0.677. The number of nitrogens with zero attached hydrogens (tertiary/aromatic N) is 1. The van der Waals surface area contributed by atoms with Gasteiger partial charge in [-0.3, -0.25) is 14.5 Å². The fourth-order valence-electron chi connectivity index (χ4n) is 1.61. The number of hydrogen-bond acceptors (Lipinski definition) is 5. The molecule has 0 aromatic heterocycles. The van der Waals surface area contributed by atoms with E-state index in [1.807, 2.05) is 0 Å². The lowest BCUT2D eigenvalue weighted by molar-refractivity contribution is -0.141. The summed E-state index contributed by atoms with van der Waals surface area (Å²) in [6, 6.07) is 4.26. The van der Waals surface area contributed by atoms with Gasteiger partial charge in [0.05, 0.1) is 13.1 Å². The topological polar surface area (TPSA) is 118 Å². The molecule has 0 aliphatic heterocycles. The lowest BCUT2D eigenvalue weighted by Crippen LogP contribution is -2.35. The van der Waals surface area contributed by atoms with Crippen molar-refractivity contribution in [2.75, 3.05) is 19.6 Å². The third-order valence-corrected chi connectivity index (χ3v) is 2.47. The molecule has 0 amide bonds. The summed E-state index contributed by atoms with van der Waals surface area (Å²) in [4.78, 5) is 22.5. The van der Waals surface area contributed by atoms with Gasteiger partial charge in [0.15, 0.2) is 11.5 Å². The van der Waals surface area contributed by atoms with Crippen molar-refractivity contribution in [3.63, 3.8) is 0 Å². The fourth-order valence-corrected chi connectivity index (χ4v) is 1.61. The van der Waals surface area contributed by atoms with Crippen LogP contribution in [0.4, 0.5) is 0 Å². The van der Waals surface area contributed by atoms with Crippen molar-refractivity contribution in [3.05, 3.63) is 23.8 Å². The number of hydrogen-bond donors (Lipinski definition) is 4. The van der Waals surface area contributed by atoms with Crippen molar-refractivity contribution in [2.24, 2.45) is 0 Å². The minimum atomic E-state index is -1.10. The van der Waals surface area contributed by atoms with Crippen LogP contribution in [0.3, 0.4) is 0 Å². The van der Waals surface area contributed by atoms with Gasteiger partial charge in [-0.05, 0) is 24.1 Å². The lowest BCUT2D eigenvalue weighted by atomic mass is 10.1. The number of benzene rings is 1. The zero-order chi connectivity index (χ0) is 14.4. The lowest BCUT2D eigenvalue weighted by Gasteiger charge is -2.17. The molecule has 0 unspecified atom stereocenters. The molecular formula is C12H15NO6. The van der Waals surface area contributed by atoms with E-state index in [1.165, 1.54) is 17.0 Å². The molecule has 4 N–H and O–H groups in total. The average Bonchev–Trinajstić information content (AvgIpc) is 2.29. The van der Waals surface area contributed by atoms with Gasteiger partial charge in [-0.2, -0.15) is 0 Å². The number of phenolic OH excluding ortho intramolecular Hbond substituents is 2. The predicted molar refractivity (Wildman–Crippen MR) is 65.2 cm³/mol. The SMILES string of the molecule is O=C(O)CN(CCc1ccc(O)c(O)c1)CC(=O)O. The molecule has 0 saturated carbocycles. The number of carboxylic acid groups (broad SMARTS) is 2. The first-order chi connectivity index (χ1) is 8.88. The second-order valence-electron chi connectivity index (χ2n) is 4.07. The summed E-state index contributed by atoms with van der Waals surface area (Å²) >= 11 is 0. The van der Waals surface area contributed by atoms with Gasteiger partial charge in [0.25, 0.3) is 0 Å².